The normalized spacial score (nSPS) is 10.5. The summed E-state index contributed by atoms with van der Waals surface area (Å²) < 4.78 is 0. The molecule has 0 fully saturated rings. The van der Waals surface area contributed by atoms with E-state index in [9.17, 15) is 0 Å². The van der Waals surface area contributed by atoms with Crippen molar-refractivity contribution in [2.24, 2.45) is 0 Å². The number of nitrogens with one attached hydrogen (secondary N) is 1. The fourth-order valence-electron chi connectivity index (χ4n) is 1.15. The number of aromatic nitrogens is 2. The van der Waals surface area contributed by atoms with Crippen LogP contribution in [0.15, 0.2) is 24.4 Å². The summed E-state index contributed by atoms with van der Waals surface area (Å²) in [6.07, 6.45) is 1.59. The third-order valence-electron chi connectivity index (χ3n) is 1.80. The van der Waals surface area contributed by atoms with E-state index in [1.165, 1.54) is 0 Å². The molecule has 0 saturated heterocycles. The quantitative estimate of drug-likeness (QED) is 0.809. The van der Waals surface area contributed by atoms with Crippen molar-refractivity contribution in [2.45, 2.75) is 0 Å². The number of aromatic amines is 1. The lowest BCUT2D eigenvalue weighted by molar-refractivity contribution is 1.10. The zero-order valence-electron chi connectivity index (χ0n) is 6.89. The summed E-state index contributed by atoms with van der Waals surface area (Å²) in [5.74, 6) is 0. The van der Waals surface area contributed by atoms with Gasteiger partial charge in [-0.1, -0.05) is 46.9 Å². The first kappa shape index (κ1) is 9.84. The molecule has 0 bridgehead atoms. The lowest BCUT2D eigenvalue weighted by atomic mass is 10.1. The van der Waals surface area contributed by atoms with E-state index in [0.717, 1.165) is 5.56 Å². The van der Waals surface area contributed by atoms with Gasteiger partial charge in [0.05, 0.1) is 15.1 Å². The zero-order chi connectivity index (χ0) is 10.1. The molecular formula is C9H5Cl3N2. The Hall–Kier alpha value is -0.700. The average Bonchev–Trinajstić information content (AvgIpc) is 2.57. The van der Waals surface area contributed by atoms with Crippen LogP contribution in [0, 0.1) is 0 Å². The van der Waals surface area contributed by atoms with Crippen molar-refractivity contribution in [3.8, 4) is 11.3 Å². The molecule has 1 N–H and O–H groups in total. The highest BCUT2D eigenvalue weighted by Gasteiger charge is 2.11. The second-order valence-corrected chi connectivity index (χ2v) is 3.88. The second kappa shape index (κ2) is 3.81. The van der Waals surface area contributed by atoms with Gasteiger partial charge in [0.15, 0.2) is 0 Å². The van der Waals surface area contributed by atoms with Crippen molar-refractivity contribution in [1.82, 2.24) is 10.2 Å². The molecule has 14 heavy (non-hydrogen) atoms. The van der Waals surface area contributed by atoms with Gasteiger partial charge in [-0.15, -0.1) is 0 Å². The summed E-state index contributed by atoms with van der Waals surface area (Å²) in [6.45, 7) is 0. The minimum Gasteiger partial charge on any atom is -0.284 e. The molecule has 2 aromatic rings. The summed E-state index contributed by atoms with van der Waals surface area (Å²) in [4.78, 5) is 0. The van der Waals surface area contributed by atoms with Crippen LogP contribution in [-0.2, 0) is 0 Å². The smallest absolute Gasteiger partial charge is 0.112 e. The van der Waals surface area contributed by atoms with Crippen LogP contribution >= 0.6 is 34.8 Å². The van der Waals surface area contributed by atoms with E-state index in [2.05, 4.69) is 10.2 Å². The van der Waals surface area contributed by atoms with Crippen molar-refractivity contribution in [3.63, 3.8) is 0 Å². The van der Waals surface area contributed by atoms with Crippen LogP contribution in [0.25, 0.3) is 11.3 Å². The second-order valence-electron chi connectivity index (χ2n) is 2.68. The Kier molecular flexibility index (Phi) is 2.68. The fourth-order valence-corrected chi connectivity index (χ4v) is 1.73. The van der Waals surface area contributed by atoms with Crippen molar-refractivity contribution >= 4 is 34.8 Å². The average molecular weight is 248 g/mol. The molecule has 1 aromatic heterocycles. The van der Waals surface area contributed by atoms with Crippen molar-refractivity contribution in [1.29, 1.82) is 0 Å². The molecule has 2 rings (SSSR count). The zero-order valence-corrected chi connectivity index (χ0v) is 9.16. The third-order valence-corrected chi connectivity index (χ3v) is 2.91. The lowest BCUT2D eigenvalue weighted by Crippen LogP contribution is -1.81. The maximum atomic E-state index is 6.01. The predicted octanol–water partition coefficient (Wildman–Crippen LogP) is 4.04. The molecule has 0 aliphatic heterocycles. The number of halogens is 3. The number of hydrogen-bond donors (Lipinski definition) is 1. The summed E-state index contributed by atoms with van der Waals surface area (Å²) in [5, 5.41) is 8.12. The van der Waals surface area contributed by atoms with E-state index in [1.54, 1.807) is 18.3 Å². The first-order valence-electron chi connectivity index (χ1n) is 3.84. The van der Waals surface area contributed by atoms with Gasteiger partial charge in [-0.25, -0.2) is 0 Å². The summed E-state index contributed by atoms with van der Waals surface area (Å²) in [7, 11) is 0. The Morgan fingerprint density at radius 1 is 1.07 bits per heavy atom. The van der Waals surface area contributed by atoms with E-state index < -0.39 is 0 Å². The van der Waals surface area contributed by atoms with Gasteiger partial charge in [0, 0.05) is 11.8 Å². The summed E-state index contributed by atoms with van der Waals surface area (Å²) >= 11 is 17.8. The first-order valence-corrected chi connectivity index (χ1v) is 4.97. The minimum atomic E-state index is 0.461. The van der Waals surface area contributed by atoms with Gasteiger partial charge in [-0.3, -0.25) is 5.10 Å². The predicted molar refractivity (Wildman–Crippen MR) is 59.1 cm³/mol. The van der Waals surface area contributed by atoms with E-state index in [-0.39, 0.29) is 0 Å². The fraction of sp³-hybridized carbons (Fsp3) is 0. The van der Waals surface area contributed by atoms with Crippen LogP contribution in [0.2, 0.25) is 15.1 Å². The molecule has 72 valence electrons. The van der Waals surface area contributed by atoms with Gasteiger partial charge in [0.2, 0.25) is 0 Å². The minimum absolute atomic E-state index is 0.461. The highest BCUT2D eigenvalue weighted by Crippen LogP contribution is 2.35. The molecule has 0 aliphatic rings. The van der Waals surface area contributed by atoms with Crippen LogP contribution in [0.3, 0.4) is 0 Å². The van der Waals surface area contributed by atoms with Gasteiger partial charge >= 0.3 is 0 Å². The van der Waals surface area contributed by atoms with E-state index in [0.29, 0.717) is 20.8 Å². The van der Waals surface area contributed by atoms with E-state index in [4.69, 9.17) is 34.8 Å². The molecule has 0 atom stereocenters. The van der Waals surface area contributed by atoms with E-state index in [1.807, 2.05) is 6.07 Å². The molecule has 5 heteroatoms. The molecule has 0 unspecified atom stereocenters. The van der Waals surface area contributed by atoms with Crippen molar-refractivity contribution in [2.75, 3.05) is 0 Å². The Labute approximate surface area is 95.8 Å². The van der Waals surface area contributed by atoms with Crippen LogP contribution in [0.4, 0.5) is 0 Å². The Morgan fingerprint density at radius 3 is 2.50 bits per heavy atom. The molecule has 0 aliphatic carbocycles. The largest absolute Gasteiger partial charge is 0.284 e. The highest BCUT2D eigenvalue weighted by molar-refractivity contribution is 6.44. The number of hydrogen-bond acceptors (Lipinski definition) is 1. The molecule has 1 heterocycles. The number of benzene rings is 1. The topological polar surface area (TPSA) is 28.7 Å². The Bertz CT molecular complexity index is 465. The molecule has 0 saturated carbocycles. The third kappa shape index (κ3) is 1.61. The van der Waals surface area contributed by atoms with Gasteiger partial charge in [0.25, 0.3) is 0 Å². The summed E-state index contributed by atoms with van der Waals surface area (Å²) in [6, 6.07) is 5.33. The van der Waals surface area contributed by atoms with Crippen LogP contribution in [0.5, 0.6) is 0 Å². The van der Waals surface area contributed by atoms with Crippen LogP contribution < -0.4 is 0 Å². The summed E-state index contributed by atoms with van der Waals surface area (Å²) in [5.41, 5.74) is 1.34. The Morgan fingerprint density at radius 2 is 1.86 bits per heavy atom. The molecule has 0 spiro atoms. The number of H-pyrrole nitrogens is 1. The van der Waals surface area contributed by atoms with Gasteiger partial charge in [-0.2, -0.15) is 5.10 Å². The number of rotatable bonds is 1. The maximum absolute atomic E-state index is 6.01. The maximum Gasteiger partial charge on any atom is 0.112 e. The first-order chi connectivity index (χ1) is 6.70. The SMILES string of the molecule is Clc1c[nH]nc1-c1cccc(Cl)c1Cl. The van der Waals surface area contributed by atoms with Crippen LogP contribution in [-0.4, -0.2) is 10.2 Å². The molecule has 2 nitrogen and oxygen atoms in total. The number of nitrogens with zero attached hydrogens (tertiary/aromatic N) is 1. The van der Waals surface area contributed by atoms with Gasteiger partial charge < -0.3 is 0 Å². The van der Waals surface area contributed by atoms with E-state index >= 15 is 0 Å². The van der Waals surface area contributed by atoms with Gasteiger partial charge in [-0.05, 0) is 6.07 Å². The van der Waals surface area contributed by atoms with Crippen molar-refractivity contribution in [3.05, 3.63) is 39.5 Å². The standard InChI is InChI=1S/C9H5Cl3N2/c10-6-3-1-2-5(8(6)12)9-7(11)4-13-14-9/h1-4H,(H,13,14). The van der Waals surface area contributed by atoms with Crippen molar-refractivity contribution < 1.29 is 0 Å². The molecule has 0 amide bonds. The Balaban J connectivity index is 2.63. The monoisotopic (exact) mass is 246 g/mol. The van der Waals surface area contributed by atoms with Crippen LogP contribution in [0.1, 0.15) is 0 Å². The van der Waals surface area contributed by atoms with Gasteiger partial charge in [0.1, 0.15) is 5.69 Å². The molecular weight excluding hydrogens is 242 g/mol. The lowest BCUT2D eigenvalue weighted by Gasteiger charge is -2.02. The molecule has 1 aromatic carbocycles. The molecule has 0 radical (unpaired) electrons. The highest BCUT2D eigenvalue weighted by atomic mass is 35.5.